The van der Waals surface area contributed by atoms with E-state index in [1.807, 2.05) is 19.1 Å². The van der Waals surface area contributed by atoms with Gasteiger partial charge in [0.1, 0.15) is 11.6 Å². The number of hydrogen-bond donors (Lipinski definition) is 0. The van der Waals surface area contributed by atoms with E-state index in [1.165, 1.54) is 6.07 Å². The van der Waals surface area contributed by atoms with E-state index in [4.69, 9.17) is 4.74 Å². The number of fused-ring (bicyclic) bond motifs is 1. The largest absolute Gasteiger partial charge is 0.377 e. The summed E-state index contributed by atoms with van der Waals surface area (Å²) < 4.78 is 21.5. The summed E-state index contributed by atoms with van der Waals surface area (Å²) in [5.41, 5.74) is 0.992. The van der Waals surface area contributed by atoms with Crippen LogP contribution >= 0.6 is 0 Å². The van der Waals surface area contributed by atoms with E-state index in [9.17, 15) is 4.39 Å². The van der Waals surface area contributed by atoms with Gasteiger partial charge in [-0.15, -0.1) is 15.3 Å². The fourth-order valence-corrected chi connectivity index (χ4v) is 3.28. The van der Waals surface area contributed by atoms with Gasteiger partial charge in [-0.3, -0.25) is 0 Å². The van der Waals surface area contributed by atoms with Crippen LogP contribution in [0.1, 0.15) is 19.8 Å². The molecule has 0 N–H and O–H groups in total. The molecule has 25 heavy (non-hydrogen) atoms. The Hall–Kier alpha value is -2.54. The van der Waals surface area contributed by atoms with Gasteiger partial charge >= 0.3 is 0 Å². The van der Waals surface area contributed by atoms with Crippen LogP contribution in [-0.4, -0.2) is 45.6 Å². The number of benzene rings is 1. The molecule has 1 saturated heterocycles. The molecular formula is C18H20FN5O. The summed E-state index contributed by atoms with van der Waals surface area (Å²) in [5.74, 6) is 0.904. The van der Waals surface area contributed by atoms with E-state index >= 15 is 0 Å². The minimum absolute atomic E-state index is 0.225. The number of nitrogens with zero attached hydrogens (tertiary/aromatic N) is 5. The standard InChI is InChI=1S/C18H20FN5O/c1-2-25-13-6-5-11-23(12-13)17-10-9-16-20-21-18(24(16)22-17)14-7-3-4-8-15(14)19/h3-4,7-10,13H,2,5-6,11-12H2,1H3/t13-/m0/s1. The first-order valence-electron chi connectivity index (χ1n) is 8.60. The van der Waals surface area contributed by atoms with E-state index in [2.05, 4.69) is 20.2 Å². The quantitative estimate of drug-likeness (QED) is 0.730. The summed E-state index contributed by atoms with van der Waals surface area (Å²) in [5, 5.41) is 12.9. The molecule has 0 saturated carbocycles. The van der Waals surface area contributed by atoms with Crippen LogP contribution in [0.2, 0.25) is 0 Å². The highest BCUT2D eigenvalue weighted by Gasteiger charge is 2.22. The van der Waals surface area contributed by atoms with Crippen LogP contribution in [0.5, 0.6) is 0 Å². The lowest BCUT2D eigenvalue weighted by Crippen LogP contribution is -2.40. The minimum Gasteiger partial charge on any atom is -0.377 e. The van der Waals surface area contributed by atoms with E-state index in [-0.39, 0.29) is 11.9 Å². The normalized spacial score (nSPS) is 18.0. The molecule has 4 rings (SSSR count). The number of aromatic nitrogens is 4. The van der Waals surface area contributed by atoms with Crippen molar-refractivity contribution in [3.05, 3.63) is 42.2 Å². The van der Waals surface area contributed by atoms with Crippen molar-refractivity contribution in [1.82, 2.24) is 19.8 Å². The molecule has 3 aromatic rings. The van der Waals surface area contributed by atoms with Gasteiger partial charge in [-0.1, -0.05) is 12.1 Å². The molecule has 130 valence electrons. The van der Waals surface area contributed by atoms with Gasteiger partial charge in [0.05, 0.1) is 11.7 Å². The van der Waals surface area contributed by atoms with Crippen LogP contribution in [0.4, 0.5) is 10.2 Å². The van der Waals surface area contributed by atoms with Crippen LogP contribution in [0.25, 0.3) is 17.0 Å². The van der Waals surface area contributed by atoms with E-state index in [0.717, 1.165) is 31.7 Å². The zero-order chi connectivity index (χ0) is 17.2. The summed E-state index contributed by atoms with van der Waals surface area (Å²) >= 11 is 0. The molecule has 3 heterocycles. The average molecular weight is 341 g/mol. The van der Waals surface area contributed by atoms with Gasteiger partial charge in [0.25, 0.3) is 0 Å². The Kier molecular flexibility index (Phi) is 4.31. The highest BCUT2D eigenvalue weighted by molar-refractivity contribution is 5.60. The lowest BCUT2D eigenvalue weighted by atomic mass is 10.1. The molecule has 0 aliphatic carbocycles. The number of rotatable bonds is 4. The van der Waals surface area contributed by atoms with Gasteiger partial charge in [0.2, 0.25) is 0 Å². The Labute approximate surface area is 145 Å². The van der Waals surface area contributed by atoms with Gasteiger partial charge < -0.3 is 9.64 Å². The average Bonchev–Trinajstić information content (AvgIpc) is 3.06. The number of hydrogen-bond acceptors (Lipinski definition) is 5. The van der Waals surface area contributed by atoms with Crippen LogP contribution < -0.4 is 4.90 Å². The molecule has 1 fully saturated rings. The van der Waals surface area contributed by atoms with Crippen LogP contribution in [-0.2, 0) is 4.74 Å². The van der Waals surface area contributed by atoms with Crippen molar-refractivity contribution in [3.8, 4) is 11.4 Å². The van der Waals surface area contributed by atoms with E-state index < -0.39 is 0 Å². The van der Waals surface area contributed by atoms with Crippen molar-refractivity contribution >= 4 is 11.5 Å². The molecule has 0 spiro atoms. The zero-order valence-electron chi connectivity index (χ0n) is 14.1. The first-order chi connectivity index (χ1) is 12.3. The minimum atomic E-state index is -0.335. The molecule has 1 aliphatic rings. The van der Waals surface area contributed by atoms with Gasteiger partial charge in [0, 0.05) is 19.7 Å². The number of halogens is 1. The van der Waals surface area contributed by atoms with E-state index in [0.29, 0.717) is 23.6 Å². The summed E-state index contributed by atoms with van der Waals surface area (Å²) in [6.07, 6.45) is 2.36. The fraction of sp³-hybridized carbons (Fsp3) is 0.389. The van der Waals surface area contributed by atoms with Crippen molar-refractivity contribution in [2.24, 2.45) is 0 Å². The summed E-state index contributed by atoms with van der Waals surface area (Å²) in [6, 6.07) is 10.3. The maximum Gasteiger partial charge on any atom is 0.188 e. The predicted octanol–water partition coefficient (Wildman–Crippen LogP) is 2.94. The van der Waals surface area contributed by atoms with Crippen molar-refractivity contribution in [2.45, 2.75) is 25.9 Å². The number of piperidine rings is 1. The summed E-state index contributed by atoms with van der Waals surface area (Å²) in [4.78, 5) is 2.20. The Morgan fingerprint density at radius 1 is 1.20 bits per heavy atom. The Morgan fingerprint density at radius 2 is 2.08 bits per heavy atom. The Bertz CT molecular complexity index is 879. The maximum absolute atomic E-state index is 14.1. The first-order valence-corrected chi connectivity index (χ1v) is 8.60. The van der Waals surface area contributed by atoms with Gasteiger partial charge in [0.15, 0.2) is 11.5 Å². The molecule has 1 atom stereocenters. The van der Waals surface area contributed by atoms with Gasteiger partial charge in [-0.25, -0.2) is 4.39 Å². The molecule has 2 aromatic heterocycles. The number of anilines is 1. The monoisotopic (exact) mass is 341 g/mol. The predicted molar refractivity (Wildman–Crippen MR) is 93.0 cm³/mol. The third-order valence-corrected chi connectivity index (χ3v) is 4.47. The van der Waals surface area contributed by atoms with Crippen LogP contribution in [0, 0.1) is 5.82 Å². The molecule has 0 radical (unpaired) electrons. The lowest BCUT2D eigenvalue weighted by molar-refractivity contribution is 0.0525. The van der Waals surface area contributed by atoms with E-state index in [1.54, 1.807) is 22.7 Å². The molecule has 1 aliphatic heterocycles. The molecule has 7 heteroatoms. The third kappa shape index (κ3) is 3.07. The Morgan fingerprint density at radius 3 is 2.92 bits per heavy atom. The highest BCUT2D eigenvalue weighted by atomic mass is 19.1. The van der Waals surface area contributed by atoms with Gasteiger partial charge in [-0.05, 0) is 44.0 Å². The molecule has 0 unspecified atom stereocenters. The number of ether oxygens (including phenoxy) is 1. The molecular weight excluding hydrogens is 321 g/mol. The first kappa shape index (κ1) is 16.0. The molecule has 0 bridgehead atoms. The van der Waals surface area contributed by atoms with Crippen LogP contribution in [0.15, 0.2) is 36.4 Å². The topological polar surface area (TPSA) is 55.5 Å². The van der Waals surface area contributed by atoms with Crippen molar-refractivity contribution in [1.29, 1.82) is 0 Å². The van der Waals surface area contributed by atoms with Crippen molar-refractivity contribution in [2.75, 3.05) is 24.6 Å². The summed E-state index contributed by atoms with van der Waals surface area (Å²) in [7, 11) is 0. The third-order valence-electron chi connectivity index (χ3n) is 4.47. The molecule has 0 amide bonds. The second-order valence-electron chi connectivity index (χ2n) is 6.13. The molecule has 6 nitrogen and oxygen atoms in total. The SMILES string of the molecule is CCO[C@H]1CCCN(c2ccc3nnc(-c4ccccc4F)n3n2)C1. The maximum atomic E-state index is 14.1. The highest BCUT2D eigenvalue weighted by Crippen LogP contribution is 2.24. The van der Waals surface area contributed by atoms with Gasteiger partial charge in [-0.2, -0.15) is 4.52 Å². The second kappa shape index (κ2) is 6.76. The summed E-state index contributed by atoms with van der Waals surface area (Å²) in [6.45, 7) is 4.47. The fourth-order valence-electron chi connectivity index (χ4n) is 3.28. The van der Waals surface area contributed by atoms with Crippen molar-refractivity contribution < 1.29 is 9.13 Å². The smallest absolute Gasteiger partial charge is 0.188 e. The van der Waals surface area contributed by atoms with Crippen LogP contribution in [0.3, 0.4) is 0 Å². The Balaban J connectivity index is 1.70. The lowest BCUT2D eigenvalue weighted by Gasteiger charge is -2.33. The van der Waals surface area contributed by atoms with Crippen molar-refractivity contribution in [3.63, 3.8) is 0 Å². The zero-order valence-corrected chi connectivity index (χ0v) is 14.1. The second-order valence-corrected chi connectivity index (χ2v) is 6.13. The molecule has 1 aromatic carbocycles.